The second-order valence-corrected chi connectivity index (χ2v) is 12.6. The summed E-state index contributed by atoms with van der Waals surface area (Å²) in [5.74, 6) is 7.52. The van der Waals surface area contributed by atoms with Crippen LogP contribution in [-0.4, -0.2) is 15.8 Å². The molecule has 34 heavy (non-hydrogen) atoms. The van der Waals surface area contributed by atoms with E-state index < -0.39 is 5.97 Å². The van der Waals surface area contributed by atoms with Crippen LogP contribution in [-0.2, 0) is 23.1 Å². The minimum atomic E-state index is -0.744. The molecule has 3 rings (SSSR count). The zero-order valence-electron chi connectivity index (χ0n) is 21.6. The van der Waals surface area contributed by atoms with Crippen molar-refractivity contribution in [1.29, 1.82) is 0 Å². The van der Waals surface area contributed by atoms with Gasteiger partial charge in [0.1, 0.15) is 5.76 Å². The zero-order chi connectivity index (χ0) is 24.8. The second-order valence-electron chi connectivity index (χ2n) is 10.9. The Balaban J connectivity index is 1.83. The SMILES string of the molecule is CCCCCCc1cc2c(cc1C#Cc1ccc(CCCCC(=O)O)o1)C(C)(C)CC(C)(C)S2. The van der Waals surface area contributed by atoms with Crippen molar-refractivity contribution < 1.29 is 14.3 Å². The molecule has 0 amide bonds. The van der Waals surface area contributed by atoms with Crippen molar-refractivity contribution in [2.75, 3.05) is 0 Å². The van der Waals surface area contributed by atoms with Crippen LogP contribution >= 0.6 is 11.8 Å². The molecule has 0 unspecified atom stereocenters. The summed E-state index contributed by atoms with van der Waals surface area (Å²) in [5.41, 5.74) is 4.01. The van der Waals surface area contributed by atoms with Crippen molar-refractivity contribution in [3.8, 4) is 11.8 Å². The van der Waals surface area contributed by atoms with E-state index in [9.17, 15) is 4.79 Å². The summed E-state index contributed by atoms with van der Waals surface area (Å²) in [6, 6.07) is 8.65. The zero-order valence-corrected chi connectivity index (χ0v) is 22.4. The van der Waals surface area contributed by atoms with Gasteiger partial charge in [-0.05, 0) is 78.8 Å². The normalized spacial score (nSPS) is 15.9. The third kappa shape index (κ3) is 7.44. The van der Waals surface area contributed by atoms with Crippen LogP contribution in [0.5, 0.6) is 0 Å². The standard InChI is InChI=1S/C30H40O3S/c1-6-7-8-9-12-22-20-27-26(29(2,3)21-30(4,5)34-27)19-23(22)15-16-25-18-17-24(33-25)13-10-11-14-28(31)32/h17-20H,6-14,21H2,1-5H3,(H,31,32). The van der Waals surface area contributed by atoms with Crippen LogP contribution in [0.1, 0.15) is 114 Å². The maximum atomic E-state index is 10.7. The van der Waals surface area contributed by atoms with Gasteiger partial charge in [0, 0.05) is 28.0 Å². The lowest BCUT2D eigenvalue weighted by Crippen LogP contribution is -2.33. The molecule has 0 spiro atoms. The van der Waals surface area contributed by atoms with E-state index in [1.54, 1.807) is 0 Å². The summed E-state index contributed by atoms with van der Waals surface area (Å²) in [4.78, 5) is 12.1. The average Bonchev–Trinajstić information content (AvgIpc) is 3.19. The highest BCUT2D eigenvalue weighted by molar-refractivity contribution is 8.00. The summed E-state index contributed by atoms with van der Waals surface area (Å²) >= 11 is 2.01. The Hall–Kier alpha value is -2.12. The number of thioether (sulfide) groups is 1. The van der Waals surface area contributed by atoms with Gasteiger partial charge in [-0.1, -0.05) is 59.8 Å². The molecule has 1 aromatic carbocycles. The average molecular weight is 481 g/mol. The lowest BCUT2D eigenvalue weighted by Gasteiger charge is -2.42. The van der Waals surface area contributed by atoms with Gasteiger partial charge >= 0.3 is 5.97 Å². The number of hydrogen-bond acceptors (Lipinski definition) is 3. The fourth-order valence-electron chi connectivity index (χ4n) is 5.08. The lowest BCUT2D eigenvalue weighted by molar-refractivity contribution is -0.137. The first-order chi connectivity index (χ1) is 16.1. The van der Waals surface area contributed by atoms with Gasteiger partial charge in [0.05, 0.1) is 0 Å². The Morgan fingerprint density at radius 1 is 1.03 bits per heavy atom. The first kappa shape index (κ1) is 26.5. The number of carboxylic acids is 1. The molecule has 0 saturated carbocycles. The van der Waals surface area contributed by atoms with Gasteiger partial charge in [0.15, 0.2) is 5.76 Å². The molecule has 184 valence electrons. The first-order valence-electron chi connectivity index (χ1n) is 12.8. The summed E-state index contributed by atoms with van der Waals surface area (Å²) < 4.78 is 6.16. The number of carbonyl (C=O) groups is 1. The predicted octanol–water partition coefficient (Wildman–Crippen LogP) is 8.15. The van der Waals surface area contributed by atoms with E-state index in [0.29, 0.717) is 12.2 Å². The molecule has 1 aromatic heterocycles. The van der Waals surface area contributed by atoms with Crippen molar-refractivity contribution in [3.63, 3.8) is 0 Å². The highest BCUT2D eigenvalue weighted by Gasteiger charge is 2.38. The van der Waals surface area contributed by atoms with Crippen LogP contribution in [0.4, 0.5) is 0 Å². The topological polar surface area (TPSA) is 50.4 Å². The Morgan fingerprint density at radius 3 is 2.53 bits per heavy atom. The summed E-state index contributed by atoms with van der Waals surface area (Å²) in [6.45, 7) is 11.7. The minimum absolute atomic E-state index is 0.120. The molecule has 0 bridgehead atoms. The van der Waals surface area contributed by atoms with Crippen molar-refractivity contribution in [1.82, 2.24) is 0 Å². The van der Waals surface area contributed by atoms with E-state index in [1.165, 1.54) is 41.7 Å². The van der Waals surface area contributed by atoms with Crippen molar-refractivity contribution in [2.24, 2.45) is 0 Å². The van der Waals surface area contributed by atoms with E-state index in [4.69, 9.17) is 9.52 Å². The molecule has 2 aromatic rings. The minimum Gasteiger partial charge on any atom is -0.481 e. The fraction of sp³-hybridized carbons (Fsp3) is 0.567. The van der Waals surface area contributed by atoms with Crippen molar-refractivity contribution in [3.05, 3.63) is 52.5 Å². The van der Waals surface area contributed by atoms with Crippen LogP contribution in [0.2, 0.25) is 0 Å². The largest absolute Gasteiger partial charge is 0.481 e. The highest BCUT2D eigenvalue weighted by atomic mass is 32.2. The van der Waals surface area contributed by atoms with Crippen LogP contribution < -0.4 is 0 Å². The van der Waals surface area contributed by atoms with Gasteiger partial charge in [0.2, 0.25) is 0 Å². The molecule has 0 saturated heterocycles. The fourth-order valence-corrected chi connectivity index (χ4v) is 6.75. The van der Waals surface area contributed by atoms with E-state index >= 15 is 0 Å². The monoisotopic (exact) mass is 480 g/mol. The number of hydrogen-bond donors (Lipinski definition) is 1. The number of aliphatic carboxylic acids is 1. The molecule has 4 heteroatoms. The molecule has 2 heterocycles. The molecule has 0 radical (unpaired) electrons. The molecule has 0 fully saturated rings. The summed E-state index contributed by atoms with van der Waals surface area (Å²) in [7, 11) is 0. The highest BCUT2D eigenvalue weighted by Crippen LogP contribution is 2.51. The number of benzene rings is 1. The summed E-state index contributed by atoms with van der Waals surface area (Å²) in [6.07, 6.45) is 9.61. The Morgan fingerprint density at radius 2 is 1.79 bits per heavy atom. The van der Waals surface area contributed by atoms with Crippen LogP contribution in [0.15, 0.2) is 33.6 Å². The molecule has 3 nitrogen and oxygen atoms in total. The Kier molecular flexibility index (Phi) is 8.99. The quantitative estimate of drug-likeness (QED) is 0.275. The molecular weight excluding hydrogens is 440 g/mol. The number of unbranched alkanes of at least 4 members (excludes halogenated alkanes) is 4. The molecular formula is C30H40O3S. The number of rotatable bonds is 10. The third-order valence-electron chi connectivity index (χ3n) is 6.53. The van der Waals surface area contributed by atoms with E-state index in [0.717, 1.165) is 37.0 Å². The molecule has 0 atom stereocenters. The maximum Gasteiger partial charge on any atom is 0.303 e. The molecule has 1 aliphatic rings. The lowest BCUT2D eigenvalue weighted by atomic mass is 9.76. The Bertz CT molecular complexity index is 1050. The third-order valence-corrected chi connectivity index (χ3v) is 7.79. The van der Waals surface area contributed by atoms with Crippen LogP contribution in [0, 0.1) is 11.8 Å². The summed E-state index contributed by atoms with van der Waals surface area (Å²) in [5, 5.41) is 8.78. The molecule has 1 N–H and O–H groups in total. The number of fused-ring (bicyclic) bond motifs is 1. The van der Waals surface area contributed by atoms with Gasteiger partial charge in [-0.25, -0.2) is 0 Å². The smallest absolute Gasteiger partial charge is 0.303 e. The van der Waals surface area contributed by atoms with Crippen molar-refractivity contribution >= 4 is 17.7 Å². The van der Waals surface area contributed by atoms with Gasteiger partial charge in [-0.3, -0.25) is 4.79 Å². The molecule has 1 aliphatic heterocycles. The van der Waals surface area contributed by atoms with Gasteiger partial charge in [-0.15, -0.1) is 11.8 Å². The van der Waals surface area contributed by atoms with Crippen LogP contribution in [0.3, 0.4) is 0 Å². The van der Waals surface area contributed by atoms with Crippen molar-refractivity contribution in [2.45, 2.75) is 114 Å². The molecule has 0 aliphatic carbocycles. The van der Waals surface area contributed by atoms with Crippen LogP contribution in [0.25, 0.3) is 0 Å². The second kappa shape index (κ2) is 11.5. The van der Waals surface area contributed by atoms with Gasteiger partial charge in [0.25, 0.3) is 0 Å². The van der Waals surface area contributed by atoms with E-state index in [-0.39, 0.29) is 16.6 Å². The van der Waals surface area contributed by atoms with Gasteiger partial charge in [-0.2, -0.15) is 0 Å². The van der Waals surface area contributed by atoms with E-state index in [1.807, 2.05) is 23.9 Å². The Labute approximate surface area is 210 Å². The first-order valence-corrected chi connectivity index (χ1v) is 13.6. The maximum absolute atomic E-state index is 10.7. The van der Waals surface area contributed by atoms with E-state index in [2.05, 4.69) is 58.6 Å². The number of aryl methyl sites for hydroxylation is 2. The number of carboxylic acid groups (broad SMARTS) is 1. The predicted molar refractivity (Wildman–Crippen MR) is 142 cm³/mol. The van der Waals surface area contributed by atoms with Gasteiger partial charge < -0.3 is 9.52 Å². The number of furan rings is 1.